The van der Waals surface area contributed by atoms with E-state index in [1.54, 1.807) is 31.2 Å². The molecule has 0 atom stereocenters. The third kappa shape index (κ3) is 4.74. The molecule has 180 valence electrons. The van der Waals surface area contributed by atoms with Gasteiger partial charge in [0.05, 0.1) is 32.7 Å². The van der Waals surface area contributed by atoms with E-state index in [9.17, 15) is 5.11 Å². The molecule has 5 rings (SSSR count). The normalized spacial score (nSPS) is 11.9. The number of thiazole rings is 1. The summed E-state index contributed by atoms with van der Waals surface area (Å²) >= 11 is 1.49. The monoisotopic (exact) mass is 495 g/mol. The van der Waals surface area contributed by atoms with E-state index in [2.05, 4.69) is 0 Å². The van der Waals surface area contributed by atoms with Gasteiger partial charge in [-0.15, -0.1) is 11.3 Å². The topological polar surface area (TPSA) is 68.3 Å². The van der Waals surface area contributed by atoms with E-state index in [4.69, 9.17) is 19.6 Å². The van der Waals surface area contributed by atoms with Crippen molar-refractivity contribution >= 4 is 28.3 Å². The summed E-state index contributed by atoms with van der Waals surface area (Å²) in [6.45, 7) is 0.519. The van der Waals surface area contributed by atoms with Crippen LogP contribution < -0.4 is 14.3 Å². The van der Waals surface area contributed by atoms with E-state index in [-0.39, 0.29) is 5.75 Å². The van der Waals surface area contributed by atoms with Crippen molar-refractivity contribution in [3.8, 4) is 28.5 Å². The van der Waals surface area contributed by atoms with Crippen molar-refractivity contribution in [2.24, 2.45) is 10.1 Å². The molecule has 7 heteroatoms. The van der Waals surface area contributed by atoms with Crippen LogP contribution >= 0.6 is 11.3 Å². The Morgan fingerprint density at radius 1 is 0.917 bits per heavy atom. The Morgan fingerprint density at radius 2 is 1.72 bits per heavy atom. The lowest BCUT2D eigenvalue weighted by atomic mass is 10.0. The van der Waals surface area contributed by atoms with Crippen LogP contribution in [0, 0.1) is 0 Å². The van der Waals surface area contributed by atoms with Crippen molar-refractivity contribution in [1.82, 2.24) is 4.68 Å². The fourth-order valence-corrected chi connectivity index (χ4v) is 4.82. The average molecular weight is 496 g/mol. The maximum Gasteiger partial charge on any atom is 0.206 e. The number of hydrogen-bond donors (Lipinski definition) is 1. The van der Waals surface area contributed by atoms with Crippen LogP contribution in [0.1, 0.15) is 11.1 Å². The lowest BCUT2D eigenvalue weighted by molar-refractivity contribution is 0.404. The predicted octanol–water partition coefficient (Wildman–Crippen LogP) is 6.08. The van der Waals surface area contributed by atoms with E-state index >= 15 is 0 Å². The fraction of sp³-hybridized carbons (Fsp3) is 0.103. The largest absolute Gasteiger partial charge is 0.507 e. The molecular formula is C29H25N3O3S. The van der Waals surface area contributed by atoms with Crippen molar-refractivity contribution < 1.29 is 14.6 Å². The van der Waals surface area contributed by atoms with Crippen LogP contribution in [0.4, 0.5) is 0 Å². The van der Waals surface area contributed by atoms with E-state index < -0.39 is 0 Å². The number of nitrogens with zero attached hydrogens (tertiary/aromatic N) is 3. The molecule has 4 aromatic carbocycles. The van der Waals surface area contributed by atoms with Gasteiger partial charge in [0.1, 0.15) is 17.2 Å². The summed E-state index contributed by atoms with van der Waals surface area (Å²) in [6, 6.07) is 27.2. The summed E-state index contributed by atoms with van der Waals surface area (Å²) in [5.74, 6) is 1.57. The maximum absolute atomic E-state index is 10.6. The summed E-state index contributed by atoms with van der Waals surface area (Å²) < 4.78 is 12.9. The molecule has 0 aliphatic rings. The van der Waals surface area contributed by atoms with E-state index in [1.165, 1.54) is 11.3 Å². The van der Waals surface area contributed by atoms with Gasteiger partial charge in [0.15, 0.2) is 0 Å². The summed E-state index contributed by atoms with van der Waals surface area (Å²) in [5, 5.41) is 19.4. The number of benzene rings is 4. The third-order valence-electron chi connectivity index (χ3n) is 5.86. The quantitative estimate of drug-likeness (QED) is 0.279. The second-order valence-electron chi connectivity index (χ2n) is 8.05. The molecule has 5 aromatic rings. The Bertz CT molecular complexity index is 1600. The number of phenols is 1. The van der Waals surface area contributed by atoms with Gasteiger partial charge in [-0.05, 0) is 40.6 Å². The maximum atomic E-state index is 10.6. The second kappa shape index (κ2) is 10.5. The van der Waals surface area contributed by atoms with Crippen LogP contribution in [0.5, 0.6) is 17.2 Å². The number of fused-ring (bicyclic) bond motifs is 1. The third-order valence-corrected chi connectivity index (χ3v) is 6.71. The number of phenolic OH excluding ortho intramolecular Hbond substituents is 1. The van der Waals surface area contributed by atoms with Crippen LogP contribution in [0.25, 0.3) is 22.0 Å². The zero-order chi connectivity index (χ0) is 24.9. The van der Waals surface area contributed by atoms with Gasteiger partial charge >= 0.3 is 0 Å². The lowest BCUT2D eigenvalue weighted by Gasteiger charge is -2.11. The van der Waals surface area contributed by atoms with Gasteiger partial charge < -0.3 is 14.6 Å². The van der Waals surface area contributed by atoms with Gasteiger partial charge in [-0.1, -0.05) is 60.7 Å². The molecule has 0 saturated heterocycles. The first-order valence-corrected chi connectivity index (χ1v) is 12.3. The Labute approximate surface area is 213 Å². The standard InChI is InChI=1S/C29H25N3O3S/c1-34-22-13-15-28(35-2)24(16-22)26-19-36-29(30-17-20-8-4-3-5-9-20)32(26)31-18-25-23-11-7-6-10-21(23)12-14-27(25)33/h3-16,18-19,33H,17H2,1-2H3. The molecule has 0 saturated carbocycles. The van der Waals surface area contributed by atoms with Crippen LogP contribution in [0.15, 0.2) is 100 Å². The van der Waals surface area contributed by atoms with Crippen molar-refractivity contribution in [2.75, 3.05) is 14.2 Å². The molecule has 0 amide bonds. The predicted molar refractivity (Wildman–Crippen MR) is 145 cm³/mol. The minimum atomic E-state index is 0.163. The first kappa shape index (κ1) is 23.4. The number of hydrogen-bond acceptors (Lipinski definition) is 6. The molecule has 0 aliphatic heterocycles. The minimum Gasteiger partial charge on any atom is -0.507 e. The molecule has 0 aliphatic carbocycles. The molecule has 1 aromatic heterocycles. The summed E-state index contributed by atoms with van der Waals surface area (Å²) in [4.78, 5) is 5.57. The SMILES string of the molecule is COc1ccc(OC)c(-c2csc(=NCc3ccccc3)n2N=Cc2c(O)ccc3ccccc23)c1. The molecule has 0 bridgehead atoms. The molecule has 0 fully saturated rings. The Morgan fingerprint density at radius 3 is 2.53 bits per heavy atom. The van der Waals surface area contributed by atoms with E-state index in [0.29, 0.717) is 23.6 Å². The number of methoxy groups -OCH3 is 2. The molecule has 0 radical (unpaired) electrons. The Kier molecular flexibility index (Phi) is 6.82. The van der Waals surface area contributed by atoms with Gasteiger partial charge in [0, 0.05) is 16.5 Å². The highest BCUT2D eigenvalue weighted by atomic mass is 32.1. The fourth-order valence-electron chi connectivity index (χ4n) is 4.00. The number of aromatic hydroxyl groups is 1. The summed E-state index contributed by atoms with van der Waals surface area (Å²) in [7, 11) is 3.27. The summed E-state index contributed by atoms with van der Waals surface area (Å²) in [6.07, 6.45) is 1.68. The molecule has 1 heterocycles. The van der Waals surface area contributed by atoms with Gasteiger partial charge in [-0.25, -0.2) is 4.68 Å². The van der Waals surface area contributed by atoms with Crippen molar-refractivity contribution in [3.63, 3.8) is 0 Å². The van der Waals surface area contributed by atoms with Gasteiger partial charge in [-0.3, -0.25) is 4.99 Å². The van der Waals surface area contributed by atoms with Crippen molar-refractivity contribution in [2.45, 2.75) is 6.54 Å². The number of ether oxygens (including phenoxy) is 2. The summed E-state index contributed by atoms with van der Waals surface area (Å²) in [5.41, 5.74) is 3.38. The van der Waals surface area contributed by atoms with Crippen molar-refractivity contribution in [3.05, 3.63) is 106 Å². The smallest absolute Gasteiger partial charge is 0.206 e. The first-order chi connectivity index (χ1) is 17.7. The average Bonchev–Trinajstić information content (AvgIpc) is 3.34. The molecule has 6 nitrogen and oxygen atoms in total. The Balaban J connectivity index is 1.67. The minimum absolute atomic E-state index is 0.163. The highest BCUT2D eigenvalue weighted by Gasteiger charge is 2.14. The highest BCUT2D eigenvalue weighted by molar-refractivity contribution is 7.07. The molecular weight excluding hydrogens is 470 g/mol. The van der Waals surface area contributed by atoms with Gasteiger partial charge in [0.2, 0.25) is 4.80 Å². The van der Waals surface area contributed by atoms with Crippen LogP contribution in [-0.2, 0) is 6.54 Å². The van der Waals surface area contributed by atoms with Crippen LogP contribution in [0.3, 0.4) is 0 Å². The molecule has 0 spiro atoms. The molecule has 36 heavy (non-hydrogen) atoms. The van der Waals surface area contributed by atoms with E-state index in [0.717, 1.165) is 32.4 Å². The van der Waals surface area contributed by atoms with Crippen molar-refractivity contribution in [1.29, 1.82) is 0 Å². The number of rotatable bonds is 7. The van der Waals surface area contributed by atoms with E-state index in [1.807, 2.05) is 84.2 Å². The first-order valence-electron chi connectivity index (χ1n) is 11.4. The van der Waals surface area contributed by atoms with Gasteiger partial charge in [-0.2, -0.15) is 5.10 Å². The van der Waals surface area contributed by atoms with Crippen LogP contribution in [0.2, 0.25) is 0 Å². The highest BCUT2D eigenvalue weighted by Crippen LogP contribution is 2.34. The van der Waals surface area contributed by atoms with Gasteiger partial charge in [0.25, 0.3) is 0 Å². The Hall–Kier alpha value is -4.36. The second-order valence-corrected chi connectivity index (χ2v) is 8.88. The molecule has 0 unspecified atom stereocenters. The van der Waals surface area contributed by atoms with Crippen LogP contribution in [-0.4, -0.2) is 30.2 Å². The molecule has 1 N–H and O–H groups in total. The lowest BCUT2D eigenvalue weighted by Crippen LogP contribution is -2.13. The zero-order valence-electron chi connectivity index (χ0n) is 20.0. The zero-order valence-corrected chi connectivity index (χ0v) is 20.8. The number of aromatic nitrogens is 1.